The molecule has 11 heteroatoms. The van der Waals surface area contributed by atoms with Crippen LogP contribution >= 0.6 is 11.8 Å². The van der Waals surface area contributed by atoms with Crippen LogP contribution in [0.3, 0.4) is 0 Å². The monoisotopic (exact) mass is 479 g/mol. The molecule has 0 saturated carbocycles. The summed E-state index contributed by atoms with van der Waals surface area (Å²) in [5, 5.41) is 18.2. The van der Waals surface area contributed by atoms with E-state index in [1.807, 2.05) is 0 Å². The number of amides is 1. The molecule has 0 aromatic carbocycles. The maximum Gasteiger partial charge on any atom is 0.219 e. The SMILES string of the molecule is CC(=O)N1CCC(n2ncc(-c3cc(Sc4ncccc4F)c4c(C#N)cnn4c3)c2F)CC1. The van der Waals surface area contributed by atoms with Gasteiger partial charge in [0.05, 0.1) is 35.1 Å². The summed E-state index contributed by atoms with van der Waals surface area (Å²) in [5.74, 6) is -0.975. The first kappa shape index (κ1) is 22.0. The van der Waals surface area contributed by atoms with Gasteiger partial charge < -0.3 is 4.90 Å². The molecule has 5 rings (SSSR count). The number of halogens is 2. The number of carbonyl (C=O) groups is 1. The van der Waals surface area contributed by atoms with Gasteiger partial charge in [0.25, 0.3) is 0 Å². The smallest absolute Gasteiger partial charge is 0.219 e. The first-order valence-corrected chi connectivity index (χ1v) is 11.5. The van der Waals surface area contributed by atoms with Crippen LogP contribution in [-0.4, -0.2) is 48.3 Å². The highest BCUT2D eigenvalue weighted by Gasteiger charge is 2.26. The summed E-state index contributed by atoms with van der Waals surface area (Å²) in [5.41, 5.74) is 1.57. The number of hydrogen-bond donors (Lipinski definition) is 0. The zero-order valence-electron chi connectivity index (χ0n) is 18.2. The molecule has 34 heavy (non-hydrogen) atoms. The van der Waals surface area contributed by atoms with E-state index in [0.717, 1.165) is 11.8 Å². The molecule has 0 N–H and O–H groups in total. The summed E-state index contributed by atoms with van der Waals surface area (Å²) in [6.45, 7) is 2.64. The van der Waals surface area contributed by atoms with Crippen LogP contribution in [0.15, 0.2) is 52.9 Å². The molecule has 1 amide bonds. The van der Waals surface area contributed by atoms with Crippen molar-refractivity contribution in [2.45, 2.75) is 35.7 Å². The van der Waals surface area contributed by atoms with Crippen LogP contribution in [0.4, 0.5) is 8.78 Å². The van der Waals surface area contributed by atoms with Crippen LogP contribution in [0.1, 0.15) is 31.4 Å². The van der Waals surface area contributed by atoms with Gasteiger partial charge in [-0.3, -0.25) is 4.79 Å². The molecular weight excluding hydrogens is 460 g/mol. The van der Waals surface area contributed by atoms with Crippen molar-refractivity contribution in [2.75, 3.05) is 13.1 Å². The number of nitriles is 1. The molecule has 1 saturated heterocycles. The Bertz CT molecular complexity index is 1430. The number of pyridine rings is 2. The third kappa shape index (κ3) is 3.90. The lowest BCUT2D eigenvalue weighted by Crippen LogP contribution is -2.38. The highest BCUT2D eigenvalue weighted by atomic mass is 32.2. The van der Waals surface area contributed by atoms with Gasteiger partial charge in [0.2, 0.25) is 11.9 Å². The fourth-order valence-corrected chi connectivity index (χ4v) is 5.14. The Balaban J connectivity index is 1.53. The van der Waals surface area contributed by atoms with Gasteiger partial charge in [0.15, 0.2) is 5.82 Å². The Morgan fingerprint density at radius 2 is 2.03 bits per heavy atom. The molecule has 8 nitrogen and oxygen atoms in total. The van der Waals surface area contributed by atoms with Gasteiger partial charge in [-0.2, -0.15) is 19.8 Å². The largest absolute Gasteiger partial charge is 0.343 e. The summed E-state index contributed by atoms with van der Waals surface area (Å²) < 4.78 is 32.7. The lowest BCUT2D eigenvalue weighted by Gasteiger charge is -2.31. The van der Waals surface area contributed by atoms with Crippen molar-refractivity contribution in [1.29, 1.82) is 5.26 Å². The minimum atomic E-state index is -0.495. The highest BCUT2D eigenvalue weighted by Crippen LogP contribution is 2.37. The van der Waals surface area contributed by atoms with E-state index in [-0.39, 0.29) is 22.5 Å². The van der Waals surface area contributed by atoms with Gasteiger partial charge in [0, 0.05) is 42.9 Å². The molecule has 5 heterocycles. The quantitative estimate of drug-likeness (QED) is 0.438. The first-order valence-electron chi connectivity index (χ1n) is 10.6. The zero-order chi connectivity index (χ0) is 23.8. The standard InChI is InChI=1S/C23H19F2N7OS/c1-14(33)30-7-4-17(5-8-30)32-22(25)18(12-29-32)15-9-20(34-23-19(24)3-2-6-27-23)21-16(10-26)11-28-31(21)13-15/h2-3,6,9,11-13,17H,4-5,7-8H2,1H3. The fourth-order valence-electron chi connectivity index (χ4n) is 4.16. The average molecular weight is 480 g/mol. The van der Waals surface area contributed by atoms with Crippen molar-refractivity contribution < 1.29 is 13.6 Å². The lowest BCUT2D eigenvalue weighted by atomic mass is 10.1. The molecule has 0 unspecified atom stereocenters. The minimum Gasteiger partial charge on any atom is -0.343 e. The van der Waals surface area contributed by atoms with Crippen LogP contribution in [-0.2, 0) is 4.79 Å². The van der Waals surface area contributed by atoms with Gasteiger partial charge in [0.1, 0.15) is 11.1 Å². The molecule has 4 aromatic rings. The Kier molecular flexibility index (Phi) is 5.75. The summed E-state index contributed by atoms with van der Waals surface area (Å²) in [7, 11) is 0. The predicted molar refractivity (Wildman–Crippen MR) is 120 cm³/mol. The van der Waals surface area contributed by atoms with Gasteiger partial charge in [-0.15, -0.1) is 0 Å². The molecule has 0 bridgehead atoms. The molecule has 1 aliphatic heterocycles. The normalized spacial score (nSPS) is 14.5. The van der Waals surface area contributed by atoms with Crippen molar-refractivity contribution >= 4 is 23.2 Å². The van der Waals surface area contributed by atoms with Gasteiger partial charge in [-0.05, 0) is 31.0 Å². The van der Waals surface area contributed by atoms with E-state index >= 15 is 4.39 Å². The van der Waals surface area contributed by atoms with Crippen LogP contribution in [0, 0.1) is 23.1 Å². The van der Waals surface area contributed by atoms with Gasteiger partial charge in [-0.25, -0.2) is 18.6 Å². The molecule has 0 aliphatic carbocycles. The minimum absolute atomic E-state index is 0.0127. The molecule has 0 spiro atoms. The van der Waals surface area contributed by atoms with E-state index < -0.39 is 11.8 Å². The third-order valence-corrected chi connectivity index (χ3v) is 6.95. The lowest BCUT2D eigenvalue weighted by molar-refractivity contribution is -0.130. The Labute approximate surface area is 197 Å². The van der Waals surface area contributed by atoms with Gasteiger partial charge >= 0.3 is 0 Å². The summed E-state index contributed by atoms with van der Waals surface area (Å²) in [6.07, 6.45) is 7.20. The maximum absolute atomic E-state index is 15.5. The van der Waals surface area contributed by atoms with Crippen LogP contribution in [0.2, 0.25) is 0 Å². The second kappa shape index (κ2) is 8.87. The number of hydrogen-bond acceptors (Lipinski definition) is 6. The van der Waals surface area contributed by atoms with E-state index in [1.165, 1.54) is 46.8 Å². The molecule has 1 fully saturated rings. The number of aromatic nitrogens is 5. The number of likely N-dealkylation sites (tertiary alicyclic amines) is 1. The van der Waals surface area contributed by atoms with Crippen molar-refractivity contribution in [1.82, 2.24) is 29.3 Å². The zero-order valence-corrected chi connectivity index (χ0v) is 19.0. The molecule has 0 atom stereocenters. The summed E-state index contributed by atoms with van der Waals surface area (Å²) in [4.78, 5) is 17.9. The fraction of sp³-hybridized carbons (Fsp3) is 0.261. The molecule has 1 aliphatic rings. The third-order valence-electron chi connectivity index (χ3n) is 5.93. The average Bonchev–Trinajstić information content (AvgIpc) is 3.44. The summed E-state index contributed by atoms with van der Waals surface area (Å²) in [6, 6.07) is 6.43. The van der Waals surface area contributed by atoms with E-state index in [1.54, 1.807) is 17.2 Å². The van der Waals surface area contributed by atoms with E-state index in [9.17, 15) is 14.4 Å². The van der Waals surface area contributed by atoms with E-state index in [0.29, 0.717) is 47.5 Å². The van der Waals surface area contributed by atoms with Crippen LogP contribution in [0.25, 0.3) is 16.6 Å². The van der Waals surface area contributed by atoms with Crippen molar-refractivity contribution in [3.05, 3.63) is 60.3 Å². The Hall–Kier alpha value is -3.78. The topological polar surface area (TPSA) is 92.1 Å². The highest BCUT2D eigenvalue weighted by molar-refractivity contribution is 7.99. The Morgan fingerprint density at radius 1 is 1.24 bits per heavy atom. The number of fused-ring (bicyclic) bond motifs is 1. The van der Waals surface area contributed by atoms with E-state index in [4.69, 9.17) is 0 Å². The summed E-state index contributed by atoms with van der Waals surface area (Å²) >= 11 is 1.05. The molecule has 172 valence electrons. The molecule has 4 aromatic heterocycles. The first-order chi connectivity index (χ1) is 16.5. The number of nitrogens with zero attached hydrogens (tertiary/aromatic N) is 7. The van der Waals surface area contributed by atoms with Crippen molar-refractivity contribution in [3.8, 4) is 17.2 Å². The molecule has 0 radical (unpaired) electrons. The molecular formula is C23H19F2N7OS. The maximum atomic E-state index is 15.5. The van der Waals surface area contributed by atoms with Crippen LogP contribution < -0.4 is 0 Å². The Morgan fingerprint density at radius 3 is 2.74 bits per heavy atom. The number of piperidine rings is 1. The number of carbonyl (C=O) groups excluding carboxylic acids is 1. The van der Waals surface area contributed by atoms with Crippen molar-refractivity contribution in [2.24, 2.45) is 0 Å². The number of rotatable bonds is 4. The second-order valence-corrected chi connectivity index (χ2v) is 9.01. The van der Waals surface area contributed by atoms with Gasteiger partial charge in [-0.1, -0.05) is 11.8 Å². The second-order valence-electron chi connectivity index (χ2n) is 7.98. The van der Waals surface area contributed by atoms with Crippen molar-refractivity contribution in [3.63, 3.8) is 0 Å². The predicted octanol–water partition coefficient (Wildman–Crippen LogP) is 4.08. The van der Waals surface area contributed by atoms with E-state index in [2.05, 4.69) is 21.3 Å². The van der Waals surface area contributed by atoms with Crippen LogP contribution in [0.5, 0.6) is 0 Å².